The Morgan fingerprint density at radius 1 is 1.07 bits per heavy atom. The third-order valence-electron chi connectivity index (χ3n) is 4.35. The van der Waals surface area contributed by atoms with Crippen molar-refractivity contribution >= 4 is 0 Å². The van der Waals surface area contributed by atoms with Crippen LogP contribution in [0.5, 0.6) is 0 Å². The monoisotopic (exact) mass is 197 g/mol. The van der Waals surface area contributed by atoms with Gasteiger partial charge in [0.1, 0.15) is 0 Å². The molecule has 14 heavy (non-hydrogen) atoms. The first-order valence-corrected chi connectivity index (χ1v) is 6.26. The average molecular weight is 197 g/mol. The van der Waals surface area contributed by atoms with E-state index in [4.69, 9.17) is 0 Å². The molecule has 0 saturated carbocycles. The second kappa shape index (κ2) is 5.16. The quantitative estimate of drug-likeness (QED) is 0.715. The predicted molar refractivity (Wildman–Crippen MR) is 63.4 cm³/mol. The lowest BCUT2D eigenvalue weighted by Crippen LogP contribution is -2.32. The van der Waals surface area contributed by atoms with Crippen molar-refractivity contribution in [3.8, 4) is 0 Å². The van der Waals surface area contributed by atoms with E-state index in [2.05, 4.69) is 33.0 Å². The summed E-state index contributed by atoms with van der Waals surface area (Å²) < 4.78 is 0. The van der Waals surface area contributed by atoms with Gasteiger partial charge in [-0.15, -0.1) is 0 Å². The van der Waals surface area contributed by atoms with Crippen LogP contribution in [-0.4, -0.2) is 13.1 Å². The van der Waals surface area contributed by atoms with Crippen LogP contribution in [0, 0.1) is 17.3 Å². The molecular weight excluding hydrogens is 170 g/mol. The summed E-state index contributed by atoms with van der Waals surface area (Å²) in [6.45, 7) is 12.1. The third-order valence-corrected chi connectivity index (χ3v) is 4.35. The molecule has 0 bridgehead atoms. The van der Waals surface area contributed by atoms with Gasteiger partial charge in [-0.2, -0.15) is 0 Å². The molecule has 0 atom stereocenters. The van der Waals surface area contributed by atoms with Crippen LogP contribution in [0.4, 0.5) is 0 Å². The van der Waals surface area contributed by atoms with Crippen molar-refractivity contribution in [3.63, 3.8) is 0 Å². The molecule has 1 rings (SSSR count). The van der Waals surface area contributed by atoms with Gasteiger partial charge in [-0.05, 0) is 56.0 Å². The zero-order valence-electron chi connectivity index (χ0n) is 10.4. The molecule has 84 valence electrons. The predicted octanol–water partition coefficient (Wildman–Crippen LogP) is 3.45. The summed E-state index contributed by atoms with van der Waals surface area (Å²) in [5, 5.41) is 3.49. The van der Waals surface area contributed by atoms with Crippen molar-refractivity contribution in [2.45, 2.75) is 53.4 Å². The van der Waals surface area contributed by atoms with E-state index in [1.807, 2.05) is 0 Å². The smallest absolute Gasteiger partial charge is 0.00488 e. The van der Waals surface area contributed by atoms with Gasteiger partial charge in [-0.3, -0.25) is 0 Å². The maximum Gasteiger partial charge on any atom is -0.00488 e. The zero-order valence-corrected chi connectivity index (χ0v) is 10.4. The fourth-order valence-electron chi connectivity index (χ4n) is 2.43. The number of rotatable bonds is 2. The summed E-state index contributed by atoms with van der Waals surface area (Å²) in [6, 6.07) is 0. The molecule has 0 aromatic carbocycles. The lowest BCUT2D eigenvalue weighted by atomic mass is 9.67. The van der Waals surface area contributed by atoms with Gasteiger partial charge in [-0.1, -0.05) is 27.7 Å². The lowest BCUT2D eigenvalue weighted by molar-refractivity contribution is 0.113. The minimum absolute atomic E-state index is 0.525. The molecule has 1 heteroatoms. The molecular formula is C13H27N. The molecule has 1 N–H and O–H groups in total. The van der Waals surface area contributed by atoms with Gasteiger partial charge in [0, 0.05) is 0 Å². The Bertz CT molecular complexity index is 153. The van der Waals surface area contributed by atoms with E-state index in [-0.39, 0.29) is 0 Å². The van der Waals surface area contributed by atoms with Crippen molar-refractivity contribution in [2.75, 3.05) is 13.1 Å². The second-order valence-electron chi connectivity index (χ2n) is 5.71. The third kappa shape index (κ3) is 2.98. The molecule has 1 aliphatic rings. The normalized spacial score (nSPS) is 22.1. The topological polar surface area (TPSA) is 12.0 Å². The molecule has 1 nitrogen and oxygen atoms in total. The van der Waals surface area contributed by atoms with Gasteiger partial charge in [0.05, 0.1) is 0 Å². The van der Waals surface area contributed by atoms with Crippen LogP contribution in [0.15, 0.2) is 0 Å². The minimum atomic E-state index is 0.525. The molecule has 1 fully saturated rings. The maximum atomic E-state index is 3.49. The summed E-state index contributed by atoms with van der Waals surface area (Å²) in [7, 11) is 0. The van der Waals surface area contributed by atoms with Crippen molar-refractivity contribution in [3.05, 3.63) is 0 Å². The molecule has 1 saturated heterocycles. The second-order valence-corrected chi connectivity index (χ2v) is 5.71. The first kappa shape index (κ1) is 12.0. The summed E-state index contributed by atoms with van der Waals surface area (Å²) >= 11 is 0. The first-order chi connectivity index (χ1) is 6.55. The van der Waals surface area contributed by atoms with E-state index < -0.39 is 0 Å². The van der Waals surface area contributed by atoms with Crippen molar-refractivity contribution in [2.24, 2.45) is 17.3 Å². The Morgan fingerprint density at radius 2 is 1.57 bits per heavy atom. The summed E-state index contributed by atoms with van der Waals surface area (Å²) in [6.07, 6.45) is 5.55. The first-order valence-electron chi connectivity index (χ1n) is 6.26. The molecule has 1 aliphatic heterocycles. The summed E-state index contributed by atoms with van der Waals surface area (Å²) in [5.74, 6) is 1.74. The summed E-state index contributed by atoms with van der Waals surface area (Å²) in [5.41, 5.74) is 0.525. The van der Waals surface area contributed by atoms with Gasteiger partial charge in [-0.25, -0.2) is 0 Å². The highest BCUT2D eigenvalue weighted by Gasteiger charge is 2.31. The molecule has 0 amide bonds. The van der Waals surface area contributed by atoms with Crippen LogP contribution in [0.25, 0.3) is 0 Å². The van der Waals surface area contributed by atoms with Crippen LogP contribution < -0.4 is 5.32 Å². The molecule has 0 aromatic heterocycles. The van der Waals surface area contributed by atoms with Crippen molar-refractivity contribution in [1.29, 1.82) is 0 Å². The minimum Gasteiger partial charge on any atom is -0.317 e. The van der Waals surface area contributed by atoms with Crippen LogP contribution in [0.1, 0.15) is 53.4 Å². The lowest BCUT2D eigenvalue weighted by Gasteiger charge is -2.39. The summed E-state index contributed by atoms with van der Waals surface area (Å²) in [4.78, 5) is 0. The number of hydrogen-bond donors (Lipinski definition) is 1. The van der Waals surface area contributed by atoms with E-state index in [0.29, 0.717) is 5.41 Å². The van der Waals surface area contributed by atoms with E-state index in [0.717, 1.165) is 11.8 Å². The average Bonchev–Trinajstić information content (AvgIpc) is 2.01. The van der Waals surface area contributed by atoms with Crippen LogP contribution in [-0.2, 0) is 0 Å². The standard InChI is InChI=1S/C13H27N/c1-11(2)13(3,4)12-7-5-9-14-10-6-8-12/h11-12,14H,5-10H2,1-4H3. The highest BCUT2D eigenvalue weighted by Crippen LogP contribution is 2.40. The highest BCUT2D eigenvalue weighted by atomic mass is 14.8. The highest BCUT2D eigenvalue weighted by molar-refractivity contribution is 4.82. The fourth-order valence-corrected chi connectivity index (χ4v) is 2.43. The largest absolute Gasteiger partial charge is 0.317 e. The van der Waals surface area contributed by atoms with Gasteiger partial charge in [0.15, 0.2) is 0 Å². The Morgan fingerprint density at radius 3 is 2.00 bits per heavy atom. The van der Waals surface area contributed by atoms with Gasteiger partial charge < -0.3 is 5.32 Å². The zero-order chi connectivity index (χ0) is 10.6. The number of hydrogen-bond acceptors (Lipinski definition) is 1. The van der Waals surface area contributed by atoms with E-state index in [1.54, 1.807) is 0 Å². The van der Waals surface area contributed by atoms with Crippen molar-refractivity contribution < 1.29 is 0 Å². The maximum absolute atomic E-state index is 3.49. The molecule has 0 spiro atoms. The SMILES string of the molecule is CC(C)C(C)(C)C1CCCNCCC1. The van der Waals surface area contributed by atoms with Crippen LogP contribution >= 0.6 is 0 Å². The van der Waals surface area contributed by atoms with E-state index in [1.165, 1.54) is 38.8 Å². The molecule has 0 aliphatic carbocycles. The molecule has 0 radical (unpaired) electrons. The Kier molecular flexibility index (Phi) is 4.43. The molecule has 1 heterocycles. The Balaban J connectivity index is 2.54. The molecule has 0 unspecified atom stereocenters. The fraction of sp³-hybridized carbons (Fsp3) is 1.00. The Labute approximate surface area is 89.7 Å². The molecule has 0 aromatic rings. The number of nitrogens with one attached hydrogen (secondary N) is 1. The van der Waals surface area contributed by atoms with Crippen LogP contribution in [0.2, 0.25) is 0 Å². The van der Waals surface area contributed by atoms with E-state index in [9.17, 15) is 0 Å². The van der Waals surface area contributed by atoms with Gasteiger partial charge >= 0.3 is 0 Å². The van der Waals surface area contributed by atoms with Crippen molar-refractivity contribution in [1.82, 2.24) is 5.32 Å². The van der Waals surface area contributed by atoms with Crippen LogP contribution in [0.3, 0.4) is 0 Å². The Hall–Kier alpha value is -0.0400. The van der Waals surface area contributed by atoms with E-state index >= 15 is 0 Å². The van der Waals surface area contributed by atoms with Gasteiger partial charge in [0.2, 0.25) is 0 Å². The van der Waals surface area contributed by atoms with Gasteiger partial charge in [0.25, 0.3) is 0 Å².